The van der Waals surface area contributed by atoms with Crippen molar-refractivity contribution >= 4 is 38.7 Å². The molecule has 4 saturated carbocycles. The van der Waals surface area contributed by atoms with E-state index in [1.54, 1.807) is 20.8 Å². The van der Waals surface area contributed by atoms with Crippen molar-refractivity contribution in [1.82, 2.24) is 0 Å². The summed E-state index contributed by atoms with van der Waals surface area (Å²) in [5.74, 6) is -6.40. The van der Waals surface area contributed by atoms with E-state index in [1.807, 2.05) is 0 Å². The molecule has 0 aromatic heterocycles. The van der Waals surface area contributed by atoms with Gasteiger partial charge in [0.05, 0.1) is 24.8 Å². The molecule has 0 aromatic rings. The fourth-order valence-electron chi connectivity index (χ4n) is 10.2. The molecule has 0 amide bonds. The monoisotopic (exact) mass is 884 g/mol. The Labute approximate surface area is 442 Å². The Kier molecular flexibility index (Phi) is 19.3. The van der Waals surface area contributed by atoms with Crippen molar-refractivity contribution in [2.24, 2.45) is 39.9 Å². The second-order valence-electron chi connectivity index (χ2n) is 15.3. The fraction of sp³-hybridized carbons (Fsp3) is 0.839. The van der Waals surface area contributed by atoms with Gasteiger partial charge in [0.1, 0.15) is 23.7 Å². The molecule has 54 heavy (non-hydrogen) atoms. The molecule has 4 aliphatic carbocycles. The van der Waals surface area contributed by atoms with Gasteiger partial charge in [-0.15, -0.1) is 0 Å². The number of hydrogen-bond acceptors (Lipinski definition) is 17. The Morgan fingerprint density at radius 1 is 0.944 bits per heavy atom. The summed E-state index contributed by atoms with van der Waals surface area (Å²) in [5.41, 5.74) is -3.76. The van der Waals surface area contributed by atoms with Gasteiger partial charge in [-0.25, -0.2) is 16.8 Å². The predicted octanol–water partition coefficient (Wildman–Crippen LogP) is -9.89. The van der Waals surface area contributed by atoms with E-state index in [-0.39, 0.29) is 185 Å². The summed E-state index contributed by atoms with van der Waals surface area (Å²) in [5, 5.41) is 45.2. The van der Waals surface area contributed by atoms with Gasteiger partial charge in [0, 0.05) is 11.8 Å². The summed E-state index contributed by atoms with van der Waals surface area (Å²) in [6, 6.07) is 0. The van der Waals surface area contributed by atoms with Crippen molar-refractivity contribution in [3.8, 4) is 0 Å². The molecule has 23 heteroatoms. The van der Waals surface area contributed by atoms with Crippen molar-refractivity contribution in [3.05, 3.63) is 12.2 Å². The van der Waals surface area contributed by atoms with Crippen molar-refractivity contribution in [1.29, 1.82) is 0 Å². The third kappa shape index (κ3) is 10.5. The summed E-state index contributed by atoms with van der Waals surface area (Å²) in [6.07, 6.45) is -12.4. The second kappa shape index (κ2) is 19.8. The molecular formula is C31H43K3O18S2. The van der Waals surface area contributed by atoms with Crippen LogP contribution < -0.4 is 159 Å². The molecule has 5 fully saturated rings. The van der Waals surface area contributed by atoms with Gasteiger partial charge in [-0.05, 0) is 79.6 Å². The Hall–Kier alpha value is 2.64. The summed E-state index contributed by atoms with van der Waals surface area (Å²) in [6.45, 7) is 7.87. The standard InChI is InChI=1S/C31H46O18S2.3K/c1-14(2)9-21(33)47-24-23(49-51(42,43)44)22(48-50(39,40)41)18(13-32)46-26(24)45-17-11-29(4)19-6-5-16-10-30(19,25(34)15(16)3)8-7-20(29)31(12-17,27(35)36)28(37)38;;;/h14,16-20,22-26,32,34H,3,5-13H2,1-2,4H3,(H,35,36)(H,37,38)(H,39,40,41)(H,42,43,44);;;/q;3*+1/p-3/t16-,17+,18-,19+,20+,22-,23+,24-,25+,26-,29+,30-;;;/m1.../s1. The average molecular weight is 885 g/mol. The van der Waals surface area contributed by atoms with E-state index >= 15 is 0 Å². The van der Waals surface area contributed by atoms with Gasteiger partial charge < -0.3 is 48.5 Å². The van der Waals surface area contributed by atoms with Crippen LogP contribution in [0.4, 0.5) is 0 Å². The number of esters is 1. The third-order valence-electron chi connectivity index (χ3n) is 12.0. The maximum atomic E-state index is 13.1. The van der Waals surface area contributed by atoms with Crippen LogP contribution in [0.15, 0.2) is 12.2 Å². The van der Waals surface area contributed by atoms with Crippen LogP contribution in [0.25, 0.3) is 0 Å². The first kappa shape index (κ1) is 52.8. The Morgan fingerprint density at radius 3 is 2.06 bits per heavy atom. The van der Waals surface area contributed by atoms with E-state index in [0.29, 0.717) is 31.3 Å². The maximum Gasteiger partial charge on any atom is 1.00 e. The molecule has 3 N–H and O–H groups in total. The number of carbonyl (C=O) groups is 3. The van der Waals surface area contributed by atoms with Crippen molar-refractivity contribution in [2.75, 3.05) is 6.61 Å². The van der Waals surface area contributed by atoms with Gasteiger partial charge in [0.25, 0.3) is 0 Å². The summed E-state index contributed by atoms with van der Waals surface area (Å²) in [7, 11) is -11.5. The van der Waals surface area contributed by atoms with Crippen LogP contribution in [0.5, 0.6) is 0 Å². The molecule has 2 bridgehead atoms. The van der Waals surface area contributed by atoms with Gasteiger partial charge in [-0.3, -0.25) is 18.0 Å². The molecule has 1 spiro atoms. The quantitative estimate of drug-likeness (QED) is 0.0312. The molecule has 0 unspecified atom stereocenters. The number of rotatable bonds is 12. The zero-order valence-electron chi connectivity index (χ0n) is 31.2. The summed E-state index contributed by atoms with van der Waals surface area (Å²) in [4.78, 5) is 39.0. The number of fused-ring (bicyclic) bond motifs is 3. The van der Waals surface area contributed by atoms with Crippen molar-refractivity contribution in [3.63, 3.8) is 0 Å². The molecule has 290 valence electrons. The van der Waals surface area contributed by atoms with Gasteiger partial charge in [0.15, 0.2) is 12.4 Å². The van der Waals surface area contributed by atoms with Crippen LogP contribution in [0.2, 0.25) is 0 Å². The Bertz CT molecular complexity index is 1630. The number of carboxylic acids is 2. The summed E-state index contributed by atoms with van der Waals surface area (Å²) < 4.78 is 96.9. The summed E-state index contributed by atoms with van der Waals surface area (Å²) >= 11 is 0. The van der Waals surface area contributed by atoms with Crippen LogP contribution in [0, 0.1) is 39.9 Å². The molecule has 1 saturated heterocycles. The first-order valence-corrected chi connectivity index (χ1v) is 19.4. The minimum atomic E-state index is -5.79. The molecular weight excluding hydrogens is 842 g/mol. The van der Waals surface area contributed by atoms with Crippen LogP contribution in [-0.4, -0.2) is 109 Å². The number of hydrogen-bond donors (Lipinski definition) is 3. The first-order valence-electron chi connectivity index (χ1n) is 16.7. The van der Waals surface area contributed by atoms with Gasteiger partial charge in [-0.2, -0.15) is 0 Å². The number of ether oxygens (including phenoxy) is 3. The molecule has 18 nitrogen and oxygen atoms in total. The fourth-order valence-corrected chi connectivity index (χ4v) is 11.2. The molecule has 0 radical (unpaired) electrons. The second-order valence-corrected chi connectivity index (χ2v) is 17.3. The smallest absolute Gasteiger partial charge is 0.726 e. The van der Waals surface area contributed by atoms with Crippen LogP contribution in [-0.2, 0) is 57.8 Å². The number of aliphatic hydroxyl groups excluding tert-OH is 2. The predicted molar refractivity (Wildman–Crippen MR) is 163 cm³/mol. The Morgan fingerprint density at radius 2 is 1.54 bits per heavy atom. The molecule has 1 aliphatic heterocycles. The zero-order chi connectivity index (χ0) is 38.1. The number of aliphatic carboxylic acids is 2. The largest absolute Gasteiger partial charge is 1.00 e. The van der Waals surface area contributed by atoms with E-state index < -0.39 is 123 Å². The van der Waals surface area contributed by atoms with Gasteiger partial charge in [-0.1, -0.05) is 27.4 Å². The topological polar surface area (TPSA) is 296 Å². The molecule has 0 aromatic carbocycles. The normalized spacial score (nSPS) is 40.2. The SMILES string of the molecule is C=C1[C@@H]2CC[C@H]3[C@]4(C)C[C@H](O[C@@H]5O[C@H](CO)[C@@H](OS(=O)(=O)[O-])[C@H](OS(=O)(=O)[O-])[C@H]5OC(=O)CC(C)C)C[C@@](C(=O)[O-])(C(=O)O)[C@H]4CC[C@]3(C2)[C@H]1O.[K+].[K+].[K+]. The van der Waals surface area contributed by atoms with E-state index in [4.69, 9.17) is 14.2 Å². The van der Waals surface area contributed by atoms with Gasteiger partial charge in [0.2, 0.25) is 20.8 Å². The average Bonchev–Trinajstić information content (AvgIpc) is 3.16. The maximum absolute atomic E-state index is 13.1. The van der Waals surface area contributed by atoms with Crippen LogP contribution >= 0.6 is 0 Å². The van der Waals surface area contributed by atoms with E-state index in [9.17, 15) is 60.8 Å². The first-order chi connectivity index (χ1) is 23.5. The van der Waals surface area contributed by atoms with E-state index in [1.165, 1.54) is 0 Å². The van der Waals surface area contributed by atoms with E-state index in [0.717, 1.165) is 0 Å². The van der Waals surface area contributed by atoms with Crippen molar-refractivity contribution < 1.29 is 237 Å². The number of carboxylic acid groups (broad SMARTS) is 2. The minimum Gasteiger partial charge on any atom is -0.726 e. The molecule has 1 heterocycles. The number of carbonyl (C=O) groups excluding carboxylic acids is 2. The van der Waals surface area contributed by atoms with E-state index in [2.05, 4.69) is 14.9 Å². The molecule has 5 rings (SSSR count). The van der Waals surface area contributed by atoms with Gasteiger partial charge >= 0.3 is 166 Å². The number of aliphatic hydroxyl groups is 2. The van der Waals surface area contributed by atoms with Crippen LogP contribution in [0.3, 0.4) is 0 Å². The van der Waals surface area contributed by atoms with Crippen molar-refractivity contribution in [2.45, 2.75) is 115 Å². The molecule has 5 aliphatic rings. The zero-order valence-corrected chi connectivity index (χ0v) is 42.2. The Balaban J connectivity index is 0.00000336. The minimum absolute atomic E-state index is 0. The van der Waals surface area contributed by atoms with Crippen LogP contribution in [0.1, 0.15) is 72.1 Å². The molecule has 13 atom stereocenters. The third-order valence-corrected chi connectivity index (χ3v) is 12.9.